The van der Waals surface area contributed by atoms with Crippen LogP contribution in [0.15, 0.2) is 29.1 Å². The van der Waals surface area contributed by atoms with Crippen LogP contribution in [0.1, 0.15) is 58.9 Å². The number of hydrogen-bond donors (Lipinski definition) is 1. The van der Waals surface area contributed by atoms with Gasteiger partial charge in [-0.1, -0.05) is 39.3 Å². The van der Waals surface area contributed by atoms with Crippen molar-refractivity contribution in [3.8, 4) is 0 Å². The molecule has 2 saturated carbocycles. The number of ether oxygens (including phenoxy) is 1. The van der Waals surface area contributed by atoms with Crippen LogP contribution in [0.3, 0.4) is 0 Å². The molecule has 1 aromatic heterocycles. The molecule has 3 rings (SSSR count). The number of furan rings is 1. The molecule has 27 heavy (non-hydrogen) atoms. The van der Waals surface area contributed by atoms with Crippen molar-refractivity contribution in [2.75, 3.05) is 0 Å². The van der Waals surface area contributed by atoms with Crippen LogP contribution in [0, 0.1) is 28.6 Å². The highest BCUT2D eigenvalue weighted by Crippen LogP contribution is 2.63. The van der Waals surface area contributed by atoms with Crippen LogP contribution in [0.5, 0.6) is 0 Å². The van der Waals surface area contributed by atoms with Crippen molar-refractivity contribution in [1.29, 1.82) is 0 Å². The van der Waals surface area contributed by atoms with E-state index in [-0.39, 0.29) is 29.3 Å². The highest BCUT2D eigenvalue weighted by atomic mass is 16.5. The minimum Gasteiger partial charge on any atom is -0.481 e. The third-order valence-corrected chi connectivity index (χ3v) is 7.35. The summed E-state index contributed by atoms with van der Waals surface area (Å²) >= 11 is 0. The van der Waals surface area contributed by atoms with Crippen LogP contribution in [-0.4, -0.2) is 23.1 Å². The molecule has 148 valence electrons. The van der Waals surface area contributed by atoms with Crippen molar-refractivity contribution >= 4 is 18.0 Å². The molecule has 0 unspecified atom stereocenters. The summed E-state index contributed by atoms with van der Waals surface area (Å²) in [5, 5.41) is 9.94. The summed E-state index contributed by atoms with van der Waals surface area (Å²) in [5.41, 5.74) is 0.229. The largest absolute Gasteiger partial charge is 0.481 e. The Morgan fingerprint density at radius 1 is 1.33 bits per heavy atom. The van der Waals surface area contributed by atoms with Gasteiger partial charge in [0.25, 0.3) is 0 Å². The molecule has 1 aromatic rings. The molecule has 0 saturated heterocycles. The lowest BCUT2D eigenvalue weighted by Crippen LogP contribution is -2.61. The molecule has 5 heteroatoms. The molecule has 2 aliphatic rings. The minimum atomic E-state index is -0.782. The molecule has 1 N–H and O–H groups in total. The quantitative estimate of drug-likeness (QED) is 0.768. The number of aliphatic carboxylic acids is 1. The Morgan fingerprint density at radius 2 is 2.07 bits per heavy atom. The lowest BCUT2D eigenvalue weighted by Gasteiger charge is -2.61. The summed E-state index contributed by atoms with van der Waals surface area (Å²) in [7, 11) is 0. The number of allylic oxidation sites excluding steroid dienone is 1. The van der Waals surface area contributed by atoms with Gasteiger partial charge in [0, 0.05) is 17.9 Å². The maximum atomic E-state index is 12.1. The molecular formula is C22H30O5. The van der Waals surface area contributed by atoms with Crippen molar-refractivity contribution in [1.82, 2.24) is 0 Å². The number of rotatable bonds is 4. The second kappa shape index (κ2) is 7.17. The molecule has 1 heterocycles. The molecule has 0 spiro atoms. The molecular weight excluding hydrogens is 344 g/mol. The van der Waals surface area contributed by atoms with E-state index in [9.17, 15) is 14.7 Å². The number of hydrogen-bond acceptors (Lipinski definition) is 4. The third kappa shape index (κ3) is 3.32. The Labute approximate surface area is 160 Å². The highest BCUT2D eigenvalue weighted by molar-refractivity contribution is 5.72. The summed E-state index contributed by atoms with van der Waals surface area (Å²) in [4.78, 5) is 23.9. The normalized spacial score (nSPS) is 39.1. The maximum absolute atomic E-state index is 12.1. The fourth-order valence-electron chi connectivity index (χ4n) is 5.68. The minimum absolute atomic E-state index is 0.121. The van der Waals surface area contributed by atoms with Crippen LogP contribution in [0.25, 0.3) is 6.08 Å². The van der Waals surface area contributed by atoms with E-state index < -0.39 is 17.3 Å². The number of carboxylic acid groups (broad SMARTS) is 1. The first-order chi connectivity index (χ1) is 12.7. The monoisotopic (exact) mass is 374 g/mol. The molecule has 0 amide bonds. The first-order valence-corrected chi connectivity index (χ1v) is 9.81. The first kappa shape index (κ1) is 19.7. The fourth-order valence-corrected chi connectivity index (χ4v) is 5.68. The van der Waals surface area contributed by atoms with Gasteiger partial charge in [-0.3, -0.25) is 9.59 Å². The average Bonchev–Trinajstić information content (AvgIpc) is 3.11. The Balaban J connectivity index is 2.04. The van der Waals surface area contributed by atoms with Crippen molar-refractivity contribution in [2.24, 2.45) is 28.6 Å². The summed E-state index contributed by atoms with van der Waals surface area (Å²) in [6.45, 7) is 7.85. The Hall–Kier alpha value is -2.04. The second-order valence-corrected chi connectivity index (χ2v) is 8.73. The predicted octanol–water partition coefficient (Wildman–Crippen LogP) is 4.78. The van der Waals surface area contributed by atoms with E-state index in [0.29, 0.717) is 12.8 Å². The molecule has 6 atom stereocenters. The molecule has 0 aliphatic heterocycles. The van der Waals surface area contributed by atoms with Crippen LogP contribution in [0.4, 0.5) is 0 Å². The van der Waals surface area contributed by atoms with Crippen LogP contribution >= 0.6 is 0 Å². The zero-order valence-electron chi connectivity index (χ0n) is 16.6. The van der Waals surface area contributed by atoms with Crippen molar-refractivity contribution in [2.45, 2.75) is 59.5 Å². The molecule has 0 bridgehead atoms. The lowest BCUT2D eigenvalue weighted by molar-refractivity contribution is -0.200. The Kier molecular flexibility index (Phi) is 5.24. The van der Waals surface area contributed by atoms with Crippen molar-refractivity contribution in [3.63, 3.8) is 0 Å². The van der Waals surface area contributed by atoms with Gasteiger partial charge < -0.3 is 14.3 Å². The van der Waals surface area contributed by atoms with Gasteiger partial charge in [0.15, 0.2) is 0 Å². The SMILES string of the molecule is CC(=O)O[C@H]1C[C@@H](C)[C@](C)(/C=C/c2ccoc2)[C@H]2CCC[C@@H](C(=O)O)[C@]12C. The van der Waals surface area contributed by atoms with E-state index in [0.717, 1.165) is 18.4 Å². The fraction of sp³-hybridized carbons (Fsp3) is 0.636. The predicted molar refractivity (Wildman–Crippen MR) is 102 cm³/mol. The Morgan fingerprint density at radius 3 is 2.67 bits per heavy atom. The number of carbonyl (C=O) groups is 2. The highest BCUT2D eigenvalue weighted by Gasteiger charge is 2.62. The van der Waals surface area contributed by atoms with E-state index in [2.05, 4.69) is 26.0 Å². The van der Waals surface area contributed by atoms with Gasteiger partial charge in [-0.25, -0.2) is 0 Å². The van der Waals surface area contributed by atoms with Crippen molar-refractivity contribution in [3.05, 3.63) is 30.2 Å². The van der Waals surface area contributed by atoms with E-state index in [1.807, 2.05) is 13.0 Å². The smallest absolute Gasteiger partial charge is 0.307 e. The zero-order valence-corrected chi connectivity index (χ0v) is 16.6. The van der Waals surface area contributed by atoms with Crippen LogP contribution < -0.4 is 0 Å². The van der Waals surface area contributed by atoms with Gasteiger partial charge in [-0.2, -0.15) is 0 Å². The summed E-state index contributed by atoms with van der Waals surface area (Å²) in [5.74, 6) is -1.24. The second-order valence-electron chi connectivity index (χ2n) is 8.73. The molecule has 2 aliphatic carbocycles. The van der Waals surface area contributed by atoms with Gasteiger partial charge in [0.2, 0.25) is 0 Å². The Bertz CT molecular complexity index is 721. The summed E-state index contributed by atoms with van der Waals surface area (Å²) < 4.78 is 10.9. The molecule has 2 fully saturated rings. The van der Waals surface area contributed by atoms with Gasteiger partial charge in [-0.05, 0) is 42.6 Å². The molecule has 0 aromatic carbocycles. The first-order valence-electron chi connectivity index (χ1n) is 9.81. The molecule has 0 radical (unpaired) electrons. The zero-order chi connectivity index (χ0) is 19.8. The van der Waals surface area contributed by atoms with E-state index in [4.69, 9.17) is 9.15 Å². The third-order valence-electron chi connectivity index (χ3n) is 7.35. The number of carboxylic acids is 1. The van der Waals surface area contributed by atoms with Gasteiger partial charge in [0.05, 0.1) is 18.4 Å². The van der Waals surface area contributed by atoms with Gasteiger partial charge >= 0.3 is 11.9 Å². The van der Waals surface area contributed by atoms with Crippen molar-refractivity contribution < 1.29 is 23.8 Å². The van der Waals surface area contributed by atoms with Gasteiger partial charge in [-0.15, -0.1) is 0 Å². The summed E-state index contributed by atoms with van der Waals surface area (Å²) in [6, 6.07) is 1.91. The van der Waals surface area contributed by atoms with E-state index in [1.54, 1.807) is 12.5 Å². The number of carbonyl (C=O) groups excluding carboxylic acids is 1. The van der Waals surface area contributed by atoms with E-state index >= 15 is 0 Å². The topological polar surface area (TPSA) is 76.7 Å². The lowest BCUT2D eigenvalue weighted by atomic mass is 9.44. The number of esters is 1. The molecule has 5 nitrogen and oxygen atoms in total. The van der Waals surface area contributed by atoms with E-state index in [1.165, 1.54) is 6.92 Å². The van der Waals surface area contributed by atoms with Crippen LogP contribution in [-0.2, 0) is 14.3 Å². The standard InChI is InChI=1S/C22H30O5/c1-14-12-19(27-15(2)23)22(4)17(20(24)25)6-5-7-18(22)21(14,3)10-8-16-9-11-26-13-16/h8-11,13-14,17-19H,5-7,12H2,1-4H3,(H,24,25)/b10-8+/t14-,17+,18-,19+,21+,22+/m1/s1. The van der Waals surface area contributed by atoms with Crippen LogP contribution in [0.2, 0.25) is 0 Å². The maximum Gasteiger partial charge on any atom is 0.307 e. The van der Waals surface area contributed by atoms with Gasteiger partial charge in [0.1, 0.15) is 6.10 Å². The summed E-state index contributed by atoms with van der Waals surface area (Å²) in [6.07, 6.45) is 10.4. The number of fused-ring (bicyclic) bond motifs is 1. The average molecular weight is 374 g/mol.